The summed E-state index contributed by atoms with van der Waals surface area (Å²) in [7, 11) is 0. The number of benzene rings is 3. The number of nitriles is 1. The average Bonchev–Trinajstić information content (AvgIpc) is 3.33. The van der Waals surface area contributed by atoms with Gasteiger partial charge in [-0.25, -0.2) is 0 Å². The van der Waals surface area contributed by atoms with Crippen molar-refractivity contribution in [1.82, 2.24) is 4.90 Å². The van der Waals surface area contributed by atoms with Gasteiger partial charge in [0.15, 0.2) is 0 Å². The van der Waals surface area contributed by atoms with Gasteiger partial charge in [0.25, 0.3) is 0 Å². The van der Waals surface area contributed by atoms with E-state index in [1.165, 1.54) is 0 Å². The fourth-order valence-electron chi connectivity index (χ4n) is 4.89. The van der Waals surface area contributed by atoms with E-state index in [0.717, 1.165) is 59.6 Å². The SMILES string of the molecule is CC1=C(c2cccc(O)c2)C(c2ccc(OCCN3CC[C@@H](C#N)C3)cc2)Oc2ccc(O)cc21. The maximum atomic E-state index is 10.1. The molecule has 35 heavy (non-hydrogen) atoms. The Bertz CT molecular complexity index is 1290. The van der Waals surface area contributed by atoms with Crippen LogP contribution in [0.3, 0.4) is 0 Å². The number of likely N-dealkylation sites (tertiary alicyclic amines) is 1. The van der Waals surface area contributed by atoms with Crippen molar-refractivity contribution >= 4 is 11.1 Å². The maximum Gasteiger partial charge on any atom is 0.150 e. The highest BCUT2D eigenvalue weighted by atomic mass is 16.5. The Kier molecular flexibility index (Phi) is 6.35. The van der Waals surface area contributed by atoms with Gasteiger partial charge in [-0.2, -0.15) is 5.26 Å². The van der Waals surface area contributed by atoms with Crippen molar-refractivity contribution in [1.29, 1.82) is 5.26 Å². The van der Waals surface area contributed by atoms with E-state index in [-0.39, 0.29) is 23.5 Å². The topological polar surface area (TPSA) is 86.0 Å². The second-order valence-corrected chi connectivity index (χ2v) is 9.10. The summed E-state index contributed by atoms with van der Waals surface area (Å²) in [5.41, 5.74) is 4.58. The third-order valence-corrected chi connectivity index (χ3v) is 6.75. The van der Waals surface area contributed by atoms with Gasteiger partial charge in [0.1, 0.15) is 35.7 Å². The summed E-state index contributed by atoms with van der Waals surface area (Å²) in [6.07, 6.45) is 0.555. The highest BCUT2D eigenvalue weighted by Gasteiger charge is 2.30. The van der Waals surface area contributed by atoms with Crippen LogP contribution in [0.25, 0.3) is 11.1 Å². The number of allylic oxidation sites excluding steroid dienone is 1. The zero-order valence-electron chi connectivity index (χ0n) is 19.6. The van der Waals surface area contributed by atoms with Gasteiger partial charge in [0, 0.05) is 24.2 Å². The molecule has 0 saturated carbocycles. The summed E-state index contributed by atoms with van der Waals surface area (Å²) >= 11 is 0. The van der Waals surface area contributed by atoms with Crippen LogP contribution in [0, 0.1) is 17.2 Å². The molecular formula is C29H28N2O4. The van der Waals surface area contributed by atoms with Crippen LogP contribution in [-0.2, 0) is 0 Å². The lowest BCUT2D eigenvalue weighted by atomic mass is 9.86. The predicted octanol–water partition coefficient (Wildman–Crippen LogP) is 5.39. The number of nitrogens with zero attached hydrogens (tertiary/aromatic N) is 2. The van der Waals surface area contributed by atoms with Crippen molar-refractivity contribution in [2.75, 3.05) is 26.2 Å². The summed E-state index contributed by atoms with van der Waals surface area (Å²) in [5, 5.41) is 29.2. The summed E-state index contributed by atoms with van der Waals surface area (Å²) in [4.78, 5) is 2.27. The standard InChI is InChI=1S/C29H28N2O4/c1-19-26-16-24(33)7-10-27(26)35-29(28(19)22-3-2-4-23(32)15-22)21-5-8-25(9-6-21)34-14-13-31-12-11-20(17-30)18-31/h2-10,15-16,20,29,32-33H,11-14,18H2,1H3/t20-,29?/m0/s1. The van der Waals surface area contributed by atoms with E-state index in [9.17, 15) is 10.2 Å². The average molecular weight is 469 g/mol. The van der Waals surface area contributed by atoms with Gasteiger partial charge >= 0.3 is 0 Å². The van der Waals surface area contributed by atoms with Crippen molar-refractivity contribution in [3.8, 4) is 29.1 Å². The fraction of sp³-hybridized carbons (Fsp3) is 0.276. The zero-order valence-corrected chi connectivity index (χ0v) is 19.6. The molecule has 2 heterocycles. The fourth-order valence-corrected chi connectivity index (χ4v) is 4.89. The third-order valence-electron chi connectivity index (χ3n) is 6.75. The van der Waals surface area contributed by atoms with Crippen LogP contribution in [0.5, 0.6) is 23.0 Å². The van der Waals surface area contributed by atoms with E-state index in [0.29, 0.717) is 12.4 Å². The number of fused-ring (bicyclic) bond motifs is 1. The highest BCUT2D eigenvalue weighted by Crippen LogP contribution is 2.47. The number of phenols is 2. The summed E-state index contributed by atoms with van der Waals surface area (Å²) in [6.45, 7) is 5.16. The summed E-state index contributed by atoms with van der Waals surface area (Å²) in [6, 6.07) is 22.5. The first-order chi connectivity index (χ1) is 17.0. The molecule has 0 amide bonds. The Balaban J connectivity index is 1.37. The summed E-state index contributed by atoms with van der Waals surface area (Å²) in [5.74, 6) is 1.99. The molecule has 1 saturated heterocycles. The second kappa shape index (κ2) is 9.73. The predicted molar refractivity (Wildman–Crippen MR) is 134 cm³/mol. The molecule has 2 N–H and O–H groups in total. The van der Waals surface area contributed by atoms with Crippen LogP contribution in [0.4, 0.5) is 0 Å². The molecule has 6 heteroatoms. The van der Waals surface area contributed by atoms with E-state index >= 15 is 0 Å². The number of ether oxygens (including phenoxy) is 2. The number of rotatable bonds is 6. The largest absolute Gasteiger partial charge is 0.508 e. The monoisotopic (exact) mass is 468 g/mol. The van der Waals surface area contributed by atoms with Crippen LogP contribution in [0.1, 0.15) is 36.1 Å². The van der Waals surface area contributed by atoms with Gasteiger partial charge < -0.3 is 19.7 Å². The van der Waals surface area contributed by atoms with E-state index < -0.39 is 0 Å². The Morgan fingerprint density at radius 3 is 2.60 bits per heavy atom. The molecule has 2 atom stereocenters. The first-order valence-electron chi connectivity index (χ1n) is 11.9. The molecule has 0 bridgehead atoms. The molecule has 2 aliphatic rings. The van der Waals surface area contributed by atoms with Crippen LogP contribution in [0.15, 0.2) is 66.7 Å². The van der Waals surface area contributed by atoms with Crippen LogP contribution in [-0.4, -0.2) is 41.4 Å². The molecule has 0 radical (unpaired) electrons. The molecule has 1 fully saturated rings. The van der Waals surface area contributed by atoms with Crippen molar-refractivity contribution in [3.05, 3.63) is 83.4 Å². The second-order valence-electron chi connectivity index (χ2n) is 9.10. The quantitative estimate of drug-likeness (QED) is 0.505. The smallest absolute Gasteiger partial charge is 0.150 e. The Labute approximate surface area is 205 Å². The first kappa shape index (κ1) is 22.8. The minimum absolute atomic E-state index is 0.135. The molecular weight excluding hydrogens is 440 g/mol. The van der Waals surface area contributed by atoms with Gasteiger partial charge in [-0.15, -0.1) is 0 Å². The van der Waals surface area contributed by atoms with E-state index in [2.05, 4.69) is 11.0 Å². The number of hydrogen-bond donors (Lipinski definition) is 2. The number of phenolic OH excluding ortho intramolecular Hbond substituents is 2. The molecule has 1 unspecified atom stereocenters. The molecule has 6 nitrogen and oxygen atoms in total. The van der Waals surface area contributed by atoms with Crippen LogP contribution >= 0.6 is 0 Å². The van der Waals surface area contributed by atoms with Crippen molar-refractivity contribution < 1.29 is 19.7 Å². The van der Waals surface area contributed by atoms with Crippen molar-refractivity contribution in [2.45, 2.75) is 19.4 Å². The number of hydrogen-bond acceptors (Lipinski definition) is 6. The number of aromatic hydroxyl groups is 2. The Morgan fingerprint density at radius 1 is 1.06 bits per heavy atom. The minimum Gasteiger partial charge on any atom is -0.508 e. The highest BCUT2D eigenvalue weighted by molar-refractivity contribution is 5.95. The molecule has 0 spiro atoms. The zero-order chi connectivity index (χ0) is 24.4. The normalized spacial score (nSPS) is 19.7. The van der Waals surface area contributed by atoms with E-state index in [1.54, 1.807) is 30.3 Å². The lowest BCUT2D eigenvalue weighted by Gasteiger charge is -2.31. The molecule has 3 aromatic carbocycles. The molecule has 3 aromatic rings. The van der Waals surface area contributed by atoms with Crippen molar-refractivity contribution in [2.24, 2.45) is 5.92 Å². The minimum atomic E-state index is -0.379. The van der Waals surface area contributed by atoms with E-state index in [1.807, 2.05) is 43.3 Å². The maximum absolute atomic E-state index is 10.1. The van der Waals surface area contributed by atoms with Gasteiger partial charge in [0.2, 0.25) is 0 Å². The molecule has 178 valence electrons. The van der Waals surface area contributed by atoms with Gasteiger partial charge in [0.05, 0.1) is 12.0 Å². The van der Waals surface area contributed by atoms with Gasteiger partial charge in [-0.1, -0.05) is 24.3 Å². The van der Waals surface area contributed by atoms with Gasteiger partial charge in [-0.05, 0) is 79.1 Å². The molecule has 0 aromatic heterocycles. The third kappa shape index (κ3) is 4.82. The molecule has 2 aliphatic heterocycles. The van der Waals surface area contributed by atoms with Crippen LogP contribution in [0.2, 0.25) is 0 Å². The van der Waals surface area contributed by atoms with Crippen LogP contribution < -0.4 is 9.47 Å². The first-order valence-corrected chi connectivity index (χ1v) is 11.9. The molecule has 0 aliphatic carbocycles. The molecule has 5 rings (SSSR count). The Hall–Kier alpha value is -3.95. The van der Waals surface area contributed by atoms with Crippen molar-refractivity contribution in [3.63, 3.8) is 0 Å². The summed E-state index contributed by atoms with van der Waals surface area (Å²) < 4.78 is 12.4. The van der Waals surface area contributed by atoms with Gasteiger partial charge in [-0.3, -0.25) is 4.90 Å². The lowest BCUT2D eigenvalue weighted by molar-refractivity contribution is 0.235. The lowest BCUT2D eigenvalue weighted by Crippen LogP contribution is -2.26. The Morgan fingerprint density at radius 2 is 1.86 bits per heavy atom. The van der Waals surface area contributed by atoms with E-state index in [4.69, 9.17) is 14.7 Å².